The number of rotatable bonds is 2. The van der Waals surface area contributed by atoms with E-state index >= 15 is 0 Å². The summed E-state index contributed by atoms with van der Waals surface area (Å²) in [4.78, 5) is 8.33. The molecule has 5 heteroatoms. The largest absolute Gasteiger partial charge is 0.368 e. The molecule has 1 fully saturated rings. The maximum atomic E-state index is 5.48. The van der Waals surface area contributed by atoms with Crippen molar-refractivity contribution in [1.29, 1.82) is 0 Å². The molecule has 1 aliphatic heterocycles. The van der Waals surface area contributed by atoms with Gasteiger partial charge in [0.1, 0.15) is 6.10 Å². The van der Waals surface area contributed by atoms with Gasteiger partial charge >= 0.3 is 0 Å². The molecule has 0 spiro atoms. The number of ether oxygens (including phenoxy) is 1. The van der Waals surface area contributed by atoms with Crippen LogP contribution in [0.15, 0.2) is 29.0 Å². The molecular weight excluding hydrogens is 206 g/mol. The molecule has 1 saturated heterocycles. The van der Waals surface area contributed by atoms with Gasteiger partial charge < -0.3 is 9.26 Å². The van der Waals surface area contributed by atoms with Crippen molar-refractivity contribution in [3.63, 3.8) is 0 Å². The lowest BCUT2D eigenvalue weighted by atomic mass is 10.2. The zero-order valence-electron chi connectivity index (χ0n) is 8.67. The molecule has 5 nitrogen and oxygen atoms in total. The van der Waals surface area contributed by atoms with E-state index in [1.807, 2.05) is 12.1 Å². The van der Waals surface area contributed by atoms with E-state index in [-0.39, 0.29) is 6.10 Å². The third-order valence-electron chi connectivity index (χ3n) is 2.57. The SMILES string of the molecule is c1cncc(-c2noc(C3CCCO3)n2)c1. The molecule has 3 heterocycles. The van der Waals surface area contributed by atoms with Crippen molar-refractivity contribution >= 4 is 0 Å². The van der Waals surface area contributed by atoms with Gasteiger partial charge in [-0.1, -0.05) is 5.16 Å². The highest BCUT2D eigenvalue weighted by molar-refractivity contribution is 5.51. The lowest BCUT2D eigenvalue weighted by Crippen LogP contribution is -1.95. The van der Waals surface area contributed by atoms with E-state index in [1.54, 1.807) is 12.4 Å². The standard InChI is InChI=1S/C11H11N3O2/c1-3-8(7-12-5-1)10-13-11(16-14-10)9-4-2-6-15-9/h1,3,5,7,9H,2,4,6H2. The fourth-order valence-electron chi connectivity index (χ4n) is 1.75. The van der Waals surface area contributed by atoms with Crippen LogP contribution in [-0.4, -0.2) is 21.7 Å². The van der Waals surface area contributed by atoms with Crippen LogP contribution < -0.4 is 0 Å². The molecule has 2 aromatic rings. The van der Waals surface area contributed by atoms with Crippen LogP contribution in [0.25, 0.3) is 11.4 Å². The van der Waals surface area contributed by atoms with Gasteiger partial charge in [0.15, 0.2) is 0 Å². The Bertz CT molecular complexity index is 463. The maximum absolute atomic E-state index is 5.48. The van der Waals surface area contributed by atoms with E-state index in [1.165, 1.54) is 0 Å². The van der Waals surface area contributed by atoms with Crippen molar-refractivity contribution < 1.29 is 9.26 Å². The lowest BCUT2D eigenvalue weighted by Gasteiger charge is -2.00. The topological polar surface area (TPSA) is 61.0 Å². The van der Waals surface area contributed by atoms with E-state index < -0.39 is 0 Å². The van der Waals surface area contributed by atoms with Crippen LogP contribution in [0.1, 0.15) is 24.8 Å². The summed E-state index contributed by atoms with van der Waals surface area (Å²) < 4.78 is 10.7. The maximum Gasteiger partial charge on any atom is 0.256 e. The molecule has 2 aromatic heterocycles. The van der Waals surface area contributed by atoms with Crippen LogP contribution in [0.2, 0.25) is 0 Å². The summed E-state index contributed by atoms with van der Waals surface area (Å²) in [5, 5.41) is 3.92. The molecule has 0 aliphatic carbocycles. The highest BCUT2D eigenvalue weighted by Gasteiger charge is 2.24. The Balaban J connectivity index is 1.87. The Kier molecular flexibility index (Phi) is 2.38. The van der Waals surface area contributed by atoms with E-state index in [0.29, 0.717) is 11.7 Å². The Morgan fingerprint density at radius 1 is 1.38 bits per heavy atom. The minimum Gasteiger partial charge on any atom is -0.368 e. The molecule has 3 rings (SSSR count). The van der Waals surface area contributed by atoms with E-state index in [0.717, 1.165) is 25.0 Å². The Morgan fingerprint density at radius 3 is 3.12 bits per heavy atom. The quantitative estimate of drug-likeness (QED) is 0.769. The Hall–Kier alpha value is -1.75. The van der Waals surface area contributed by atoms with Crippen molar-refractivity contribution in [3.05, 3.63) is 30.4 Å². The normalized spacial score (nSPS) is 20.1. The highest BCUT2D eigenvalue weighted by Crippen LogP contribution is 2.28. The number of hydrogen-bond donors (Lipinski definition) is 0. The molecule has 0 saturated carbocycles. The summed E-state index contributed by atoms with van der Waals surface area (Å²) in [7, 11) is 0. The second kappa shape index (κ2) is 4.02. The van der Waals surface area contributed by atoms with Crippen LogP contribution in [0.5, 0.6) is 0 Å². The average Bonchev–Trinajstić information content (AvgIpc) is 3.01. The number of pyridine rings is 1. The van der Waals surface area contributed by atoms with Crippen molar-refractivity contribution in [1.82, 2.24) is 15.1 Å². The molecule has 1 atom stereocenters. The summed E-state index contributed by atoms with van der Waals surface area (Å²) in [5.74, 6) is 1.13. The van der Waals surface area contributed by atoms with Gasteiger partial charge in [-0.05, 0) is 25.0 Å². The van der Waals surface area contributed by atoms with Gasteiger partial charge in [-0.25, -0.2) is 0 Å². The summed E-state index contributed by atoms with van der Waals surface area (Å²) >= 11 is 0. The molecule has 0 amide bonds. The molecule has 0 aromatic carbocycles. The second-order valence-corrected chi connectivity index (χ2v) is 3.70. The molecule has 0 radical (unpaired) electrons. The van der Waals surface area contributed by atoms with Crippen LogP contribution >= 0.6 is 0 Å². The third-order valence-corrected chi connectivity index (χ3v) is 2.57. The van der Waals surface area contributed by atoms with Crippen molar-refractivity contribution in [2.75, 3.05) is 6.61 Å². The number of hydrogen-bond acceptors (Lipinski definition) is 5. The first-order chi connectivity index (χ1) is 7.93. The van der Waals surface area contributed by atoms with Crippen molar-refractivity contribution in [3.8, 4) is 11.4 Å². The van der Waals surface area contributed by atoms with E-state index in [2.05, 4.69) is 15.1 Å². The molecule has 82 valence electrons. The monoisotopic (exact) mass is 217 g/mol. The zero-order valence-corrected chi connectivity index (χ0v) is 8.67. The number of aromatic nitrogens is 3. The Labute approximate surface area is 92.5 Å². The first-order valence-electron chi connectivity index (χ1n) is 5.29. The smallest absolute Gasteiger partial charge is 0.256 e. The molecule has 16 heavy (non-hydrogen) atoms. The van der Waals surface area contributed by atoms with Gasteiger partial charge in [0.25, 0.3) is 5.89 Å². The predicted octanol–water partition coefficient (Wildman–Crippen LogP) is 1.98. The van der Waals surface area contributed by atoms with Crippen LogP contribution in [0.3, 0.4) is 0 Å². The summed E-state index contributed by atoms with van der Waals surface area (Å²) in [5.41, 5.74) is 0.857. The molecule has 1 aliphatic rings. The minimum atomic E-state index is -0.0297. The predicted molar refractivity (Wildman–Crippen MR) is 55.5 cm³/mol. The van der Waals surface area contributed by atoms with Crippen molar-refractivity contribution in [2.24, 2.45) is 0 Å². The van der Waals surface area contributed by atoms with Gasteiger partial charge in [-0.3, -0.25) is 4.98 Å². The van der Waals surface area contributed by atoms with Gasteiger partial charge in [0.2, 0.25) is 5.82 Å². The fourth-order valence-corrected chi connectivity index (χ4v) is 1.75. The van der Waals surface area contributed by atoms with Gasteiger partial charge in [-0.2, -0.15) is 4.98 Å². The van der Waals surface area contributed by atoms with E-state index in [9.17, 15) is 0 Å². The molecular formula is C11H11N3O2. The molecule has 1 unspecified atom stereocenters. The highest BCUT2D eigenvalue weighted by atomic mass is 16.5. The second-order valence-electron chi connectivity index (χ2n) is 3.70. The van der Waals surface area contributed by atoms with Crippen molar-refractivity contribution in [2.45, 2.75) is 18.9 Å². The molecule has 0 bridgehead atoms. The Morgan fingerprint density at radius 2 is 2.38 bits per heavy atom. The minimum absolute atomic E-state index is 0.0297. The van der Waals surface area contributed by atoms with Crippen LogP contribution in [0, 0.1) is 0 Å². The van der Waals surface area contributed by atoms with Crippen LogP contribution in [0.4, 0.5) is 0 Å². The third kappa shape index (κ3) is 1.69. The lowest BCUT2D eigenvalue weighted by molar-refractivity contribution is 0.0835. The van der Waals surface area contributed by atoms with E-state index in [4.69, 9.17) is 9.26 Å². The summed E-state index contributed by atoms with van der Waals surface area (Å²) in [6.07, 6.45) is 5.40. The fraction of sp³-hybridized carbons (Fsp3) is 0.364. The van der Waals surface area contributed by atoms with Gasteiger partial charge in [-0.15, -0.1) is 0 Å². The first kappa shape index (κ1) is 9.47. The zero-order chi connectivity index (χ0) is 10.8. The average molecular weight is 217 g/mol. The molecule has 0 N–H and O–H groups in total. The summed E-state index contributed by atoms with van der Waals surface area (Å²) in [6, 6.07) is 3.74. The first-order valence-corrected chi connectivity index (χ1v) is 5.29. The van der Waals surface area contributed by atoms with Gasteiger partial charge in [0, 0.05) is 24.6 Å². The number of nitrogens with zero attached hydrogens (tertiary/aromatic N) is 3. The van der Waals surface area contributed by atoms with Gasteiger partial charge in [0.05, 0.1) is 0 Å². The summed E-state index contributed by atoms with van der Waals surface area (Å²) in [6.45, 7) is 0.773. The van der Waals surface area contributed by atoms with Crippen LogP contribution in [-0.2, 0) is 4.74 Å².